The van der Waals surface area contributed by atoms with Gasteiger partial charge in [0, 0.05) is 0 Å². The van der Waals surface area contributed by atoms with E-state index >= 15 is 0 Å². The Morgan fingerprint density at radius 3 is 2.50 bits per heavy atom. The number of fused-ring (bicyclic) bond motifs is 1. The van der Waals surface area contributed by atoms with Gasteiger partial charge in [0.1, 0.15) is 11.9 Å². The van der Waals surface area contributed by atoms with Crippen LogP contribution in [0.5, 0.6) is 5.75 Å². The first-order valence-electron chi connectivity index (χ1n) is 7.20. The van der Waals surface area contributed by atoms with E-state index in [1.807, 2.05) is 60.7 Å². The van der Waals surface area contributed by atoms with E-state index in [1.54, 1.807) is 0 Å². The molecule has 2 atom stereocenters. The molecule has 1 aliphatic rings. The van der Waals surface area contributed by atoms with Crippen molar-refractivity contribution in [3.63, 3.8) is 0 Å². The van der Waals surface area contributed by atoms with Gasteiger partial charge in [-0.05, 0) is 28.5 Å². The fourth-order valence-corrected chi connectivity index (χ4v) is 3.57. The maximum absolute atomic E-state index is 5.88. The van der Waals surface area contributed by atoms with Gasteiger partial charge in [0.25, 0.3) is 0 Å². The van der Waals surface area contributed by atoms with Gasteiger partial charge in [-0.3, -0.25) is 9.05 Å². The largest absolute Gasteiger partial charge is 0.427 e. The van der Waals surface area contributed by atoms with Crippen LogP contribution in [0.1, 0.15) is 11.7 Å². The lowest BCUT2D eigenvalue weighted by atomic mass is 10.1. The monoisotopic (exact) mass is 310 g/mol. The Morgan fingerprint density at radius 2 is 1.64 bits per heavy atom. The summed E-state index contributed by atoms with van der Waals surface area (Å²) in [4.78, 5) is 0. The summed E-state index contributed by atoms with van der Waals surface area (Å²) in [6.07, 6.45) is -0.0484. The third-order valence-corrected chi connectivity index (χ3v) is 4.76. The SMILES string of the molecule is c1ccc(C2COP(Oc3ccc4ccccc4c3)O2)cc1. The van der Waals surface area contributed by atoms with Crippen molar-refractivity contribution in [3.05, 3.63) is 78.4 Å². The van der Waals surface area contributed by atoms with Crippen LogP contribution < -0.4 is 4.52 Å². The van der Waals surface area contributed by atoms with E-state index in [2.05, 4.69) is 12.1 Å². The Labute approximate surface area is 130 Å². The van der Waals surface area contributed by atoms with E-state index in [-0.39, 0.29) is 6.10 Å². The topological polar surface area (TPSA) is 27.7 Å². The number of benzene rings is 3. The number of hydrogen-bond acceptors (Lipinski definition) is 3. The average Bonchev–Trinajstić information content (AvgIpc) is 3.04. The quantitative estimate of drug-likeness (QED) is 0.620. The molecule has 1 saturated heterocycles. The smallest absolute Gasteiger partial charge is 0.398 e. The average molecular weight is 310 g/mol. The molecule has 3 nitrogen and oxygen atoms in total. The van der Waals surface area contributed by atoms with Crippen molar-refractivity contribution in [1.29, 1.82) is 0 Å². The molecule has 110 valence electrons. The third-order valence-electron chi connectivity index (χ3n) is 3.62. The van der Waals surface area contributed by atoms with Gasteiger partial charge in [0.2, 0.25) is 0 Å². The predicted molar refractivity (Wildman–Crippen MR) is 87.7 cm³/mol. The Morgan fingerprint density at radius 1 is 0.864 bits per heavy atom. The van der Waals surface area contributed by atoms with Crippen molar-refractivity contribution in [2.75, 3.05) is 6.61 Å². The standard InChI is InChI=1S/C18H15O3P/c1-2-7-15(8-3-1)18-13-19-22(21-18)20-17-11-10-14-6-4-5-9-16(14)12-17/h1-12,18H,13H2. The zero-order valence-corrected chi connectivity index (χ0v) is 12.8. The molecule has 0 bridgehead atoms. The van der Waals surface area contributed by atoms with Crippen molar-refractivity contribution in [3.8, 4) is 5.75 Å². The van der Waals surface area contributed by atoms with E-state index < -0.39 is 8.60 Å². The van der Waals surface area contributed by atoms with Gasteiger partial charge in [0.05, 0.1) is 6.61 Å². The number of hydrogen-bond donors (Lipinski definition) is 0. The van der Waals surface area contributed by atoms with Gasteiger partial charge in [-0.1, -0.05) is 60.7 Å². The molecule has 0 spiro atoms. The van der Waals surface area contributed by atoms with Gasteiger partial charge < -0.3 is 4.52 Å². The van der Waals surface area contributed by atoms with E-state index in [4.69, 9.17) is 13.6 Å². The van der Waals surface area contributed by atoms with Gasteiger partial charge in [-0.2, -0.15) is 0 Å². The van der Waals surface area contributed by atoms with Crippen molar-refractivity contribution in [1.82, 2.24) is 0 Å². The molecule has 2 unspecified atom stereocenters. The van der Waals surface area contributed by atoms with Crippen LogP contribution in [0.15, 0.2) is 72.8 Å². The van der Waals surface area contributed by atoms with Gasteiger partial charge >= 0.3 is 8.60 Å². The van der Waals surface area contributed by atoms with Crippen molar-refractivity contribution in [2.24, 2.45) is 0 Å². The number of rotatable bonds is 3. The van der Waals surface area contributed by atoms with Crippen molar-refractivity contribution in [2.45, 2.75) is 6.10 Å². The van der Waals surface area contributed by atoms with E-state index in [1.165, 1.54) is 5.39 Å². The predicted octanol–water partition coefficient (Wildman–Crippen LogP) is 5.23. The molecule has 1 fully saturated rings. The first-order valence-corrected chi connectivity index (χ1v) is 8.29. The molecule has 3 aromatic rings. The minimum Gasteiger partial charge on any atom is -0.427 e. The van der Waals surface area contributed by atoms with Crippen molar-refractivity contribution >= 4 is 19.4 Å². The van der Waals surface area contributed by atoms with Crippen LogP contribution in [0.4, 0.5) is 0 Å². The molecule has 4 heteroatoms. The molecule has 3 aromatic carbocycles. The Hall–Kier alpha value is -1.93. The molecule has 0 radical (unpaired) electrons. The van der Waals surface area contributed by atoms with Crippen LogP contribution in [0.25, 0.3) is 10.8 Å². The zero-order chi connectivity index (χ0) is 14.8. The van der Waals surface area contributed by atoms with Crippen LogP contribution in [0.3, 0.4) is 0 Å². The molecule has 1 aliphatic heterocycles. The third kappa shape index (κ3) is 2.84. The molecule has 0 amide bonds. The molecule has 0 N–H and O–H groups in total. The highest BCUT2D eigenvalue weighted by Crippen LogP contribution is 2.51. The maximum atomic E-state index is 5.88. The highest BCUT2D eigenvalue weighted by molar-refractivity contribution is 7.42. The zero-order valence-electron chi connectivity index (χ0n) is 11.9. The second kappa shape index (κ2) is 6.05. The molecule has 1 heterocycles. The summed E-state index contributed by atoms with van der Waals surface area (Å²) in [7, 11) is -1.34. The molecule has 0 aromatic heterocycles. The van der Waals surface area contributed by atoms with E-state index in [9.17, 15) is 0 Å². The Kier molecular flexibility index (Phi) is 3.77. The van der Waals surface area contributed by atoms with Gasteiger partial charge in [0.15, 0.2) is 0 Å². The minimum absolute atomic E-state index is 0.0484. The van der Waals surface area contributed by atoms with Gasteiger partial charge in [-0.15, -0.1) is 0 Å². The normalized spacial score (nSPS) is 21.1. The van der Waals surface area contributed by atoms with E-state index in [0.29, 0.717) is 6.61 Å². The first-order chi connectivity index (χ1) is 10.9. The summed E-state index contributed by atoms with van der Waals surface area (Å²) in [5.74, 6) is 0.776. The molecule has 4 rings (SSSR count). The Bertz CT molecular complexity index is 775. The summed E-state index contributed by atoms with van der Waals surface area (Å²) < 4.78 is 17.4. The van der Waals surface area contributed by atoms with Crippen LogP contribution in [0, 0.1) is 0 Å². The van der Waals surface area contributed by atoms with E-state index in [0.717, 1.165) is 16.7 Å². The molecular formula is C18H15O3P. The fourth-order valence-electron chi connectivity index (χ4n) is 2.48. The Balaban J connectivity index is 1.47. The van der Waals surface area contributed by atoms with Gasteiger partial charge in [-0.25, -0.2) is 0 Å². The highest BCUT2D eigenvalue weighted by Gasteiger charge is 2.31. The highest BCUT2D eigenvalue weighted by atomic mass is 31.2. The second-order valence-corrected chi connectivity index (χ2v) is 6.22. The summed E-state index contributed by atoms with van der Waals surface area (Å²) in [5.41, 5.74) is 1.12. The fraction of sp³-hybridized carbons (Fsp3) is 0.111. The summed E-state index contributed by atoms with van der Waals surface area (Å²) in [6, 6.07) is 24.3. The lowest BCUT2D eigenvalue weighted by molar-refractivity contribution is 0.240. The maximum Gasteiger partial charge on any atom is 0.398 e. The van der Waals surface area contributed by atoms with Crippen LogP contribution in [0.2, 0.25) is 0 Å². The lowest BCUT2D eigenvalue weighted by Gasteiger charge is -2.11. The minimum atomic E-state index is -1.34. The van der Waals surface area contributed by atoms with Crippen LogP contribution >= 0.6 is 8.60 Å². The molecule has 22 heavy (non-hydrogen) atoms. The molecular weight excluding hydrogens is 295 g/mol. The van der Waals surface area contributed by atoms with Crippen molar-refractivity contribution < 1.29 is 13.6 Å². The van der Waals surface area contributed by atoms with Crippen LogP contribution in [-0.2, 0) is 9.05 Å². The summed E-state index contributed by atoms with van der Waals surface area (Å²) >= 11 is 0. The summed E-state index contributed by atoms with van der Waals surface area (Å²) in [5, 5.41) is 2.34. The molecule has 0 saturated carbocycles. The van der Waals surface area contributed by atoms with Crippen LogP contribution in [-0.4, -0.2) is 6.61 Å². The lowest BCUT2D eigenvalue weighted by Crippen LogP contribution is -1.98. The second-order valence-electron chi connectivity index (χ2n) is 5.12. The summed E-state index contributed by atoms with van der Waals surface area (Å²) in [6.45, 7) is 0.531. The first kappa shape index (κ1) is 13.7. The molecule has 0 aliphatic carbocycles.